The van der Waals surface area contributed by atoms with Crippen LogP contribution in [0, 0.1) is 0 Å². The van der Waals surface area contributed by atoms with Crippen molar-refractivity contribution in [2.45, 2.75) is 6.42 Å². The molecule has 2 N–H and O–H groups in total. The molecule has 27 heavy (non-hydrogen) atoms. The van der Waals surface area contributed by atoms with Gasteiger partial charge in [0.2, 0.25) is 5.91 Å². The largest absolute Gasteiger partial charge is 0.326 e. The molecular formula is C19H16N6O2. The Morgan fingerprint density at radius 1 is 1.15 bits per heavy atom. The molecule has 0 saturated heterocycles. The molecule has 0 aliphatic heterocycles. The van der Waals surface area contributed by atoms with Crippen LogP contribution in [-0.2, 0) is 18.3 Å². The Bertz CT molecular complexity index is 1190. The molecule has 0 saturated carbocycles. The molecule has 2 heterocycles. The number of aryl methyl sites for hydroxylation is 1. The van der Waals surface area contributed by atoms with Gasteiger partial charge in [0.25, 0.3) is 5.56 Å². The van der Waals surface area contributed by atoms with Gasteiger partial charge in [-0.25, -0.2) is 5.10 Å². The standard InChI is InChI=1S/C19H16N6O2/c1-25-11-20-23-18(25)12-5-4-6-13(9-12)21-17(26)10-16-14-7-2-3-8-15(14)19(27)24-22-16/h2-9,11H,10H2,1H3,(H,21,26)(H,24,27). The van der Waals surface area contributed by atoms with Gasteiger partial charge in [-0.05, 0) is 18.2 Å². The lowest BCUT2D eigenvalue weighted by Crippen LogP contribution is -2.18. The Hall–Kier alpha value is -3.81. The highest BCUT2D eigenvalue weighted by molar-refractivity contribution is 5.95. The predicted octanol–water partition coefficient (Wildman–Crippen LogP) is 1.90. The zero-order valence-electron chi connectivity index (χ0n) is 14.5. The van der Waals surface area contributed by atoms with E-state index in [4.69, 9.17) is 0 Å². The fraction of sp³-hybridized carbons (Fsp3) is 0.105. The molecule has 0 spiro atoms. The molecule has 134 valence electrons. The van der Waals surface area contributed by atoms with Gasteiger partial charge in [-0.2, -0.15) is 5.10 Å². The van der Waals surface area contributed by atoms with E-state index in [-0.39, 0.29) is 17.9 Å². The Balaban J connectivity index is 1.57. The third kappa shape index (κ3) is 3.32. The maximum atomic E-state index is 12.5. The van der Waals surface area contributed by atoms with Crippen molar-refractivity contribution in [3.8, 4) is 11.4 Å². The molecule has 0 atom stereocenters. The molecule has 0 aliphatic rings. The van der Waals surface area contributed by atoms with Gasteiger partial charge in [0.05, 0.1) is 17.5 Å². The van der Waals surface area contributed by atoms with Crippen molar-refractivity contribution in [3.63, 3.8) is 0 Å². The van der Waals surface area contributed by atoms with E-state index in [0.29, 0.717) is 28.0 Å². The Kier molecular flexibility index (Phi) is 4.21. The zero-order valence-corrected chi connectivity index (χ0v) is 14.5. The Morgan fingerprint density at radius 2 is 1.96 bits per heavy atom. The first-order valence-electron chi connectivity index (χ1n) is 8.32. The lowest BCUT2D eigenvalue weighted by Gasteiger charge is -2.08. The van der Waals surface area contributed by atoms with E-state index in [0.717, 1.165) is 5.56 Å². The number of hydrogen-bond donors (Lipinski definition) is 2. The molecule has 0 radical (unpaired) electrons. The van der Waals surface area contributed by atoms with E-state index in [1.54, 1.807) is 35.2 Å². The number of H-pyrrole nitrogens is 1. The van der Waals surface area contributed by atoms with Crippen LogP contribution in [0.15, 0.2) is 59.7 Å². The van der Waals surface area contributed by atoms with Crippen molar-refractivity contribution in [1.29, 1.82) is 0 Å². The minimum Gasteiger partial charge on any atom is -0.326 e. The number of benzene rings is 2. The lowest BCUT2D eigenvalue weighted by molar-refractivity contribution is -0.115. The van der Waals surface area contributed by atoms with Crippen LogP contribution in [-0.4, -0.2) is 30.9 Å². The molecule has 1 amide bonds. The van der Waals surface area contributed by atoms with Crippen molar-refractivity contribution >= 4 is 22.4 Å². The number of aromatic amines is 1. The van der Waals surface area contributed by atoms with Crippen LogP contribution in [0.2, 0.25) is 0 Å². The summed E-state index contributed by atoms with van der Waals surface area (Å²) in [6, 6.07) is 14.5. The molecule has 2 aromatic heterocycles. The lowest BCUT2D eigenvalue weighted by atomic mass is 10.1. The molecule has 4 rings (SSSR count). The predicted molar refractivity (Wildman–Crippen MR) is 101 cm³/mol. The summed E-state index contributed by atoms with van der Waals surface area (Å²) in [7, 11) is 1.85. The summed E-state index contributed by atoms with van der Waals surface area (Å²) in [4.78, 5) is 24.4. The maximum Gasteiger partial charge on any atom is 0.272 e. The van der Waals surface area contributed by atoms with E-state index in [9.17, 15) is 9.59 Å². The number of rotatable bonds is 4. The molecule has 0 fully saturated rings. The Morgan fingerprint density at radius 3 is 2.74 bits per heavy atom. The van der Waals surface area contributed by atoms with Gasteiger partial charge in [-0.15, -0.1) is 10.2 Å². The van der Waals surface area contributed by atoms with Crippen LogP contribution in [0.4, 0.5) is 5.69 Å². The third-order valence-corrected chi connectivity index (χ3v) is 4.22. The number of fused-ring (bicyclic) bond motifs is 1. The van der Waals surface area contributed by atoms with Crippen LogP contribution in [0.5, 0.6) is 0 Å². The summed E-state index contributed by atoms with van der Waals surface area (Å²) >= 11 is 0. The van der Waals surface area contributed by atoms with Crippen molar-refractivity contribution in [2.75, 3.05) is 5.32 Å². The fourth-order valence-corrected chi connectivity index (χ4v) is 2.94. The van der Waals surface area contributed by atoms with Crippen molar-refractivity contribution in [2.24, 2.45) is 7.05 Å². The summed E-state index contributed by atoms with van der Waals surface area (Å²) in [5.74, 6) is 0.481. The summed E-state index contributed by atoms with van der Waals surface area (Å²) < 4.78 is 1.80. The number of nitrogens with zero attached hydrogens (tertiary/aromatic N) is 4. The topological polar surface area (TPSA) is 106 Å². The second-order valence-electron chi connectivity index (χ2n) is 6.12. The highest BCUT2D eigenvalue weighted by atomic mass is 16.1. The van der Waals surface area contributed by atoms with Gasteiger partial charge >= 0.3 is 0 Å². The molecular weight excluding hydrogens is 344 g/mol. The monoisotopic (exact) mass is 360 g/mol. The summed E-state index contributed by atoms with van der Waals surface area (Å²) in [6.45, 7) is 0. The van der Waals surface area contributed by atoms with Gasteiger partial charge in [-0.3, -0.25) is 9.59 Å². The van der Waals surface area contributed by atoms with E-state index < -0.39 is 0 Å². The highest BCUT2D eigenvalue weighted by Gasteiger charge is 2.12. The first kappa shape index (κ1) is 16.6. The smallest absolute Gasteiger partial charge is 0.272 e. The zero-order chi connectivity index (χ0) is 18.8. The number of carbonyl (C=O) groups excluding carboxylic acids is 1. The second kappa shape index (κ2) is 6.83. The van der Waals surface area contributed by atoms with E-state index in [1.165, 1.54) is 0 Å². The minimum atomic E-state index is -0.272. The molecule has 0 unspecified atom stereocenters. The second-order valence-corrected chi connectivity index (χ2v) is 6.12. The quantitative estimate of drug-likeness (QED) is 0.578. The first-order chi connectivity index (χ1) is 13.1. The number of anilines is 1. The maximum absolute atomic E-state index is 12.5. The first-order valence-corrected chi connectivity index (χ1v) is 8.32. The molecule has 0 aliphatic carbocycles. The SMILES string of the molecule is Cn1cnnc1-c1cccc(NC(=O)Cc2n[nH]c(=O)c3ccccc23)c1. The van der Waals surface area contributed by atoms with Crippen molar-refractivity contribution < 1.29 is 4.79 Å². The van der Waals surface area contributed by atoms with E-state index in [2.05, 4.69) is 25.7 Å². The molecule has 8 heteroatoms. The normalized spacial score (nSPS) is 10.9. The number of hydrogen-bond acceptors (Lipinski definition) is 5. The average molecular weight is 360 g/mol. The van der Waals surface area contributed by atoms with E-state index >= 15 is 0 Å². The van der Waals surface area contributed by atoms with Gasteiger partial charge < -0.3 is 9.88 Å². The summed E-state index contributed by atoms with van der Waals surface area (Å²) in [6.07, 6.45) is 1.67. The van der Waals surface area contributed by atoms with Crippen LogP contribution in [0.25, 0.3) is 22.2 Å². The summed E-state index contributed by atoms with van der Waals surface area (Å²) in [5.41, 5.74) is 1.74. The molecule has 2 aromatic carbocycles. The number of aromatic nitrogens is 5. The van der Waals surface area contributed by atoms with Crippen molar-refractivity contribution in [1.82, 2.24) is 25.0 Å². The van der Waals surface area contributed by atoms with E-state index in [1.807, 2.05) is 31.3 Å². The Labute approximate surface area is 153 Å². The van der Waals surface area contributed by atoms with Gasteiger partial charge in [0.1, 0.15) is 6.33 Å². The fourth-order valence-electron chi connectivity index (χ4n) is 2.94. The van der Waals surface area contributed by atoms with Gasteiger partial charge in [0, 0.05) is 23.7 Å². The number of carbonyl (C=O) groups is 1. The molecule has 0 bridgehead atoms. The van der Waals surface area contributed by atoms with Crippen molar-refractivity contribution in [3.05, 3.63) is 70.9 Å². The average Bonchev–Trinajstić information content (AvgIpc) is 3.10. The third-order valence-electron chi connectivity index (χ3n) is 4.22. The molecule has 4 aromatic rings. The van der Waals surface area contributed by atoms with Crippen LogP contribution in [0.3, 0.4) is 0 Å². The van der Waals surface area contributed by atoms with Crippen LogP contribution in [0.1, 0.15) is 5.69 Å². The van der Waals surface area contributed by atoms with Crippen LogP contribution >= 0.6 is 0 Å². The highest BCUT2D eigenvalue weighted by Crippen LogP contribution is 2.20. The summed E-state index contributed by atoms with van der Waals surface area (Å²) in [5, 5.41) is 18.5. The molecule has 8 nitrogen and oxygen atoms in total. The van der Waals surface area contributed by atoms with Gasteiger partial charge in [0.15, 0.2) is 5.82 Å². The van der Waals surface area contributed by atoms with Gasteiger partial charge in [-0.1, -0.05) is 30.3 Å². The van der Waals surface area contributed by atoms with Crippen LogP contribution < -0.4 is 10.9 Å². The minimum absolute atomic E-state index is 0.0471. The number of nitrogens with one attached hydrogen (secondary N) is 2. The number of amides is 1.